The van der Waals surface area contributed by atoms with E-state index < -0.39 is 0 Å². The van der Waals surface area contributed by atoms with Crippen LogP contribution in [0.15, 0.2) is 0 Å². The third-order valence-corrected chi connectivity index (χ3v) is 3.84. The molecule has 1 aliphatic carbocycles. The molecular weight excluding hydrogens is 188 g/mol. The minimum absolute atomic E-state index is 0.125. The van der Waals surface area contributed by atoms with E-state index in [1.54, 1.807) is 7.11 Å². The van der Waals surface area contributed by atoms with E-state index in [1.165, 1.54) is 12.8 Å². The molecule has 0 spiro atoms. The van der Waals surface area contributed by atoms with Gasteiger partial charge in [0.05, 0.1) is 6.61 Å². The van der Waals surface area contributed by atoms with E-state index in [0.29, 0.717) is 5.92 Å². The second kappa shape index (κ2) is 5.28. The van der Waals surface area contributed by atoms with Gasteiger partial charge in [-0.15, -0.1) is 0 Å². The summed E-state index contributed by atoms with van der Waals surface area (Å²) in [5, 5.41) is 0. The molecule has 3 heteroatoms. The molecule has 15 heavy (non-hydrogen) atoms. The monoisotopic (exact) mass is 214 g/mol. The van der Waals surface area contributed by atoms with Crippen LogP contribution in [-0.4, -0.2) is 43.3 Å². The predicted molar refractivity (Wildman–Crippen MR) is 63.9 cm³/mol. The predicted octanol–water partition coefficient (Wildman–Crippen LogP) is 1.47. The molecule has 0 saturated heterocycles. The van der Waals surface area contributed by atoms with Crippen molar-refractivity contribution in [2.45, 2.75) is 45.2 Å². The van der Waals surface area contributed by atoms with Crippen LogP contribution in [0, 0.1) is 5.92 Å². The Morgan fingerprint density at radius 3 is 2.40 bits per heavy atom. The zero-order valence-corrected chi connectivity index (χ0v) is 10.6. The zero-order valence-electron chi connectivity index (χ0n) is 10.6. The Labute approximate surface area is 94.0 Å². The molecule has 1 unspecified atom stereocenters. The van der Waals surface area contributed by atoms with Crippen LogP contribution in [0.4, 0.5) is 0 Å². The van der Waals surface area contributed by atoms with E-state index >= 15 is 0 Å². The molecule has 1 atom stereocenters. The van der Waals surface area contributed by atoms with E-state index in [2.05, 4.69) is 25.7 Å². The standard InChI is InChI=1S/C12H26N2O/c1-10(2)12(3,9-13)14(7-8-15-4)11-5-6-11/h10-11H,5-9,13H2,1-4H3. The molecule has 0 amide bonds. The van der Waals surface area contributed by atoms with Crippen LogP contribution in [-0.2, 0) is 4.74 Å². The fourth-order valence-electron chi connectivity index (χ4n) is 2.12. The SMILES string of the molecule is COCCN(C1CC1)C(C)(CN)C(C)C. The Hall–Kier alpha value is -0.120. The summed E-state index contributed by atoms with van der Waals surface area (Å²) in [5.74, 6) is 0.583. The first kappa shape index (κ1) is 12.9. The Morgan fingerprint density at radius 1 is 1.47 bits per heavy atom. The van der Waals surface area contributed by atoms with Crippen molar-refractivity contribution in [2.24, 2.45) is 11.7 Å². The number of methoxy groups -OCH3 is 1. The molecule has 0 aromatic rings. The quantitative estimate of drug-likeness (QED) is 0.697. The summed E-state index contributed by atoms with van der Waals surface area (Å²) in [6.45, 7) is 9.34. The first-order valence-electron chi connectivity index (χ1n) is 6.02. The first-order chi connectivity index (χ1) is 7.06. The van der Waals surface area contributed by atoms with E-state index in [-0.39, 0.29) is 5.54 Å². The van der Waals surface area contributed by atoms with E-state index in [0.717, 1.165) is 25.7 Å². The maximum absolute atomic E-state index is 5.96. The Balaban J connectivity index is 2.66. The summed E-state index contributed by atoms with van der Waals surface area (Å²) in [6, 6.07) is 0.746. The van der Waals surface area contributed by atoms with Gasteiger partial charge < -0.3 is 10.5 Å². The minimum Gasteiger partial charge on any atom is -0.383 e. The van der Waals surface area contributed by atoms with Crippen LogP contribution >= 0.6 is 0 Å². The van der Waals surface area contributed by atoms with Gasteiger partial charge in [0.1, 0.15) is 0 Å². The molecule has 1 rings (SSSR count). The summed E-state index contributed by atoms with van der Waals surface area (Å²) in [4.78, 5) is 2.56. The lowest BCUT2D eigenvalue weighted by Gasteiger charge is -2.44. The van der Waals surface area contributed by atoms with Gasteiger partial charge in [-0.1, -0.05) is 13.8 Å². The van der Waals surface area contributed by atoms with Gasteiger partial charge in [0.2, 0.25) is 0 Å². The molecule has 0 aromatic heterocycles. The van der Waals surface area contributed by atoms with E-state index in [9.17, 15) is 0 Å². The molecule has 1 fully saturated rings. The molecule has 0 bridgehead atoms. The number of rotatable bonds is 7. The molecule has 0 aromatic carbocycles. The van der Waals surface area contributed by atoms with Crippen molar-refractivity contribution in [1.82, 2.24) is 4.90 Å². The first-order valence-corrected chi connectivity index (χ1v) is 6.02. The fourth-order valence-corrected chi connectivity index (χ4v) is 2.12. The molecule has 3 nitrogen and oxygen atoms in total. The molecule has 0 radical (unpaired) electrons. The zero-order chi connectivity index (χ0) is 11.5. The molecule has 2 N–H and O–H groups in total. The Bertz CT molecular complexity index is 192. The summed E-state index contributed by atoms with van der Waals surface area (Å²) in [5.41, 5.74) is 6.09. The molecule has 0 aliphatic heterocycles. The second-order valence-corrected chi connectivity index (χ2v) is 5.13. The van der Waals surface area contributed by atoms with Gasteiger partial charge >= 0.3 is 0 Å². The van der Waals surface area contributed by atoms with Crippen LogP contribution < -0.4 is 5.73 Å². The van der Waals surface area contributed by atoms with Gasteiger partial charge in [0.25, 0.3) is 0 Å². The maximum atomic E-state index is 5.96. The summed E-state index contributed by atoms with van der Waals surface area (Å²) < 4.78 is 5.19. The van der Waals surface area contributed by atoms with Crippen LogP contribution in [0.1, 0.15) is 33.6 Å². The molecular formula is C12H26N2O. The van der Waals surface area contributed by atoms with Crippen molar-refractivity contribution >= 4 is 0 Å². The van der Waals surface area contributed by atoms with Crippen molar-refractivity contribution in [2.75, 3.05) is 26.8 Å². The molecule has 0 heterocycles. The number of hydrogen-bond donors (Lipinski definition) is 1. The average molecular weight is 214 g/mol. The normalized spacial score (nSPS) is 21.0. The fraction of sp³-hybridized carbons (Fsp3) is 1.00. The summed E-state index contributed by atoms with van der Waals surface area (Å²) >= 11 is 0. The van der Waals surface area contributed by atoms with Crippen LogP contribution in [0.2, 0.25) is 0 Å². The van der Waals surface area contributed by atoms with Crippen LogP contribution in [0.25, 0.3) is 0 Å². The Morgan fingerprint density at radius 2 is 2.07 bits per heavy atom. The number of nitrogens with zero attached hydrogens (tertiary/aromatic N) is 1. The lowest BCUT2D eigenvalue weighted by atomic mass is 9.86. The highest BCUT2D eigenvalue weighted by molar-refractivity contribution is 4.98. The summed E-state index contributed by atoms with van der Waals surface area (Å²) in [7, 11) is 1.76. The number of nitrogens with two attached hydrogens (primary N) is 1. The second-order valence-electron chi connectivity index (χ2n) is 5.13. The van der Waals surface area contributed by atoms with Gasteiger partial charge in [-0.2, -0.15) is 0 Å². The highest BCUT2D eigenvalue weighted by Crippen LogP contribution is 2.35. The van der Waals surface area contributed by atoms with E-state index in [4.69, 9.17) is 10.5 Å². The van der Waals surface area contributed by atoms with Crippen LogP contribution in [0.3, 0.4) is 0 Å². The highest BCUT2D eigenvalue weighted by Gasteiger charge is 2.41. The van der Waals surface area contributed by atoms with Gasteiger partial charge in [-0.3, -0.25) is 4.90 Å². The smallest absolute Gasteiger partial charge is 0.0590 e. The highest BCUT2D eigenvalue weighted by atomic mass is 16.5. The topological polar surface area (TPSA) is 38.5 Å². The van der Waals surface area contributed by atoms with Crippen molar-refractivity contribution in [1.29, 1.82) is 0 Å². The third-order valence-electron chi connectivity index (χ3n) is 3.84. The van der Waals surface area contributed by atoms with Crippen molar-refractivity contribution in [3.05, 3.63) is 0 Å². The summed E-state index contributed by atoms with van der Waals surface area (Å²) in [6.07, 6.45) is 2.65. The van der Waals surface area contributed by atoms with Gasteiger partial charge in [0, 0.05) is 31.8 Å². The van der Waals surface area contributed by atoms with Gasteiger partial charge in [-0.25, -0.2) is 0 Å². The van der Waals surface area contributed by atoms with Crippen molar-refractivity contribution in [3.8, 4) is 0 Å². The lowest BCUT2D eigenvalue weighted by molar-refractivity contribution is 0.0337. The van der Waals surface area contributed by atoms with Crippen molar-refractivity contribution < 1.29 is 4.74 Å². The van der Waals surface area contributed by atoms with Gasteiger partial charge in [-0.05, 0) is 25.7 Å². The largest absolute Gasteiger partial charge is 0.383 e. The van der Waals surface area contributed by atoms with Crippen LogP contribution in [0.5, 0.6) is 0 Å². The minimum atomic E-state index is 0.125. The van der Waals surface area contributed by atoms with Gasteiger partial charge in [0.15, 0.2) is 0 Å². The lowest BCUT2D eigenvalue weighted by Crippen LogP contribution is -2.57. The Kier molecular flexibility index (Phi) is 4.56. The third kappa shape index (κ3) is 2.92. The van der Waals surface area contributed by atoms with Crippen molar-refractivity contribution in [3.63, 3.8) is 0 Å². The number of hydrogen-bond acceptors (Lipinski definition) is 3. The molecule has 90 valence electrons. The van der Waals surface area contributed by atoms with E-state index in [1.807, 2.05) is 0 Å². The molecule has 1 saturated carbocycles. The molecule has 1 aliphatic rings. The average Bonchev–Trinajstić information content (AvgIpc) is 3.01. The maximum Gasteiger partial charge on any atom is 0.0590 e. The number of ether oxygens (including phenoxy) is 1.